The van der Waals surface area contributed by atoms with Crippen LogP contribution >= 0.6 is 24.0 Å². The summed E-state index contributed by atoms with van der Waals surface area (Å²) >= 11 is 6.26. The average molecular weight is 410 g/mol. The highest BCUT2D eigenvalue weighted by Gasteiger charge is 2.15. The molecule has 0 atom stereocenters. The monoisotopic (exact) mass is 409 g/mol. The van der Waals surface area contributed by atoms with E-state index in [0.29, 0.717) is 12.6 Å². The van der Waals surface area contributed by atoms with Gasteiger partial charge in [0.05, 0.1) is 7.11 Å². The van der Waals surface area contributed by atoms with E-state index in [1.807, 2.05) is 36.4 Å². The molecule has 3 rings (SSSR count). The first-order valence-electron chi connectivity index (χ1n) is 9.53. The zero-order valence-electron chi connectivity index (χ0n) is 15.9. The van der Waals surface area contributed by atoms with Crippen LogP contribution in [0.15, 0.2) is 42.5 Å². The van der Waals surface area contributed by atoms with Crippen LogP contribution in [-0.4, -0.2) is 13.2 Å². The Kier molecular flexibility index (Phi) is 9.26. The second-order valence-corrected chi connectivity index (χ2v) is 7.31. The van der Waals surface area contributed by atoms with Gasteiger partial charge < -0.3 is 14.8 Å². The minimum atomic E-state index is 0. The van der Waals surface area contributed by atoms with Gasteiger partial charge in [0, 0.05) is 28.7 Å². The number of halogens is 2. The molecule has 1 aliphatic rings. The van der Waals surface area contributed by atoms with E-state index in [0.717, 1.165) is 34.2 Å². The van der Waals surface area contributed by atoms with Gasteiger partial charge in [-0.3, -0.25) is 0 Å². The molecule has 0 amide bonds. The molecular formula is C22H29Cl2NO2. The molecule has 0 heterocycles. The Labute approximate surface area is 173 Å². The van der Waals surface area contributed by atoms with E-state index in [1.165, 1.54) is 38.5 Å². The molecule has 2 aromatic rings. The van der Waals surface area contributed by atoms with E-state index < -0.39 is 0 Å². The zero-order valence-corrected chi connectivity index (χ0v) is 17.5. The Morgan fingerprint density at radius 2 is 1.67 bits per heavy atom. The maximum atomic E-state index is 6.26. The second-order valence-electron chi connectivity index (χ2n) is 6.90. The quantitative estimate of drug-likeness (QED) is 0.555. The summed E-state index contributed by atoms with van der Waals surface area (Å²) in [4.78, 5) is 0. The third-order valence-corrected chi connectivity index (χ3v) is 5.42. The molecule has 5 heteroatoms. The predicted molar refractivity (Wildman–Crippen MR) is 114 cm³/mol. The van der Waals surface area contributed by atoms with Crippen LogP contribution in [0.3, 0.4) is 0 Å². The first-order valence-corrected chi connectivity index (χ1v) is 9.91. The smallest absolute Gasteiger partial charge is 0.166 e. The average Bonchev–Trinajstić information content (AvgIpc) is 2.94. The molecule has 1 N–H and O–H groups in total. The lowest BCUT2D eigenvalue weighted by atomic mass is 10.1. The van der Waals surface area contributed by atoms with Crippen molar-refractivity contribution in [3.05, 3.63) is 58.6 Å². The van der Waals surface area contributed by atoms with Crippen LogP contribution in [0.2, 0.25) is 5.02 Å². The lowest BCUT2D eigenvalue weighted by molar-refractivity contribution is 0.280. The molecule has 148 valence electrons. The van der Waals surface area contributed by atoms with Gasteiger partial charge >= 0.3 is 0 Å². The van der Waals surface area contributed by atoms with Crippen LogP contribution < -0.4 is 14.8 Å². The standard InChI is InChI=1S/C22H28ClNO2.ClH/c1-25-21-14-8-10-17(15-24-19-11-4-2-3-5-12-19)22(21)26-16-18-9-6-7-13-20(18)23;/h6-10,13-14,19,24H,2-5,11-12,15-16H2,1H3;1H. The minimum absolute atomic E-state index is 0. The van der Waals surface area contributed by atoms with Crippen molar-refractivity contribution >= 4 is 24.0 Å². The van der Waals surface area contributed by atoms with Crippen molar-refractivity contribution in [2.75, 3.05) is 7.11 Å². The van der Waals surface area contributed by atoms with E-state index in [4.69, 9.17) is 21.1 Å². The molecule has 1 fully saturated rings. The van der Waals surface area contributed by atoms with Crippen molar-refractivity contribution in [3.63, 3.8) is 0 Å². The summed E-state index contributed by atoms with van der Waals surface area (Å²) in [6.45, 7) is 1.22. The molecule has 3 nitrogen and oxygen atoms in total. The number of benzene rings is 2. The Morgan fingerprint density at radius 3 is 2.37 bits per heavy atom. The minimum Gasteiger partial charge on any atom is -0.493 e. The van der Waals surface area contributed by atoms with Crippen LogP contribution in [-0.2, 0) is 13.2 Å². The number of nitrogens with one attached hydrogen (secondary N) is 1. The molecule has 0 saturated heterocycles. The molecule has 0 aromatic heterocycles. The van der Waals surface area contributed by atoms with E-state index in [1.54, 1.807) is 7.11 Å². The number of hydrogen-bond donors (Lipinski definition) is 1. The highest BCUT2D eigenvalue weighted by atomic mass is 35.5. The molecule has 2 aromatic carbocycles. The van der Waals surface area contributed by atoms with Gasteiger partial charge in [0.15, 0.2) is 11.5 Å². The van der Waals surface area contributed by atoms with Crippen molar-refractivity contribution in [2.24, 2.45) is 0 Å². The van der Waals surface area contributed by atoms with Gasteiger partial charge in [0.25, 0.3) is 0 Å². The fraction of sp³-hybridized carbons (Fsp3) is 0.455. The summed E-state index contributed by atoms with van der Waals surface area (Å²) in [5, 5.41) is 4.44. The van der Waals surface area contributed by atoms with Crippen LogP contribution in [0, 0.1) is 0 Å². The molecule has 0 bridgehead atoms. The first-order chi connectivity index (χ1) is 12.8. The Bertz CT molecular complexity index is 700. The normalized spacial score (nSPS) is 14.9. The zero-order chi connectivity index (χ0) is 18.2. The van der Waals surface area contributed by atoms with Crippen molar-refractivity contribution in [1.29, 1.82) is 0 Å². The Morgan fingerprint density at radius 1 is 0.963 bits per heavy atom. The van der Waals surface area contributed by atoms with E-state index in [-0.39, 0.29) is 12.4 Å². The summed E-state index contributed by atoms with van der Waals surface area (Å²) in [6.07, 6.45) is 7.91. The van der Waals surface area contributed by atoms with Gasteiger partial charge in [-0.05, 0) is 25.0 Å². The molecule has 27 heavy (non-hydrogen) atoms. The first kappa shape index (κ1) is 21.9. The Hall–Kier alpha value is -1.42. The number of hydrogen-bond acceptors (Lipinski definition) is 3. The summed E-state index contributed by atoms with van der Waals surface area (Å²) in [6, 6.07) is 14.4. The van der Waals surface area contributed by atoms with Crippen LogP contribution in [0.1, 0.15) is 49.7 Å². The summed E-state index contributed by atoms with van der Waals surface area (Å²) in [5.74, 6) is 1.56. The molecule has 0 spiro atoms. The highest BCUT2D eigenvalue weighted by Crippen LogP contribution is 2.32. The maximum Gasteiger partial charge on any atom is 0.166 e. The van der Waals surface area contributed by atoms with Crippen molar-refractivity contribution in [1.82, 2.24) is 5.32 Å². The van der Waals surface area contributed by atoms with Gasteiger partial charge in [-0.25, -0.2) is 0 Å². The number of methoxy groups -OCH3 is 1. The molecule has 1 saturated carbocycles. The van der Waals surface area contributed by atoms with Crippen LogP contribution in [0.5, 0.6) is 11.5 Å². The van der Waals surface area contributed by atoms with Crippen LogP contribution in [0.25, 0.3) is 0 Å². The van der Waals surface area contributed by atoms with Crippen molar-refractivity contribution < 1.29 is 9.47 Å². The van der Waals surface area contributed by atoms with Crippen LogP contribution in [0.4, 0.5) is 0 Å². The molecule has 1 aliphatic carbocycles. The Balaban J connectivity index is 0.00000261. The molecule has 0 unspecified atom stereocenters. The predicted octanol–water partition coefficient (Wildman–Crippen LogP) is 6.16. The topological polar surface area (TPSA) is 30.5 Å². The van der Waals surface area contributed by atoms with Gasteiger partial charge in [-0.1, -0.05) is 67.6 Å². The number of ether oxygens (including phenoxy) is 2. The van der Waals surface area contributed by atoms with Gasteiger partial charge in [0.2, 0.25) is 0 Å². The summed E-state index contributed by atoms with van der Waals surface area (Å²) in [7, 11) is 1.68. The third-order valence-electron chi connectivity index (χ3n) is 5.05. The van der Waals surface area contributed by atoms with Gasteiger partial charge in [-0.15, -0.1) is 12.4 Å². The second kappa shape index (κ2) is 11.4. The number of rotatable bonds is 7. The van der Waals surface area contributed by atoms with E-state index >= 15 is 0 Å². The van der Waals surface area contributed by atoms with Crippen molar-refractivity contribution in [3.8, 4) is 11.5 Å². The lowest BCUT2D eigenvalue weighted by Gasteiger charge is -2.19. The molecule has 0 aliphatic heterocycles. The van der Waals surface area contributed by atoms with Gasteiger partial charge in [-0.2, -0.15) is 0 Å². The highest BCUT2D eigenvalue weighted by molar-refractivity contribution is 6.31. The molecular weight excluding hydrogens is 381 g/mol. The summed E-state index contributed by atoms with van der Waals surface area (Å²) in [5.41, 5.74) is 2.10. The fourth-order valence-electron chi connectivity index (χ4n) is 3.53. The van der Waals surface area contributed by atoms with E-state index in [2.05, 4.69) is 11.4 Å². The molecule has 0 radical (unpaired) electrons. The lowest BCUT2D eigenvalue weighted by Crippen LogP contribution is -2.28. The SMILES string of the molecule is COc1cccc(CNC2CCCCCC2)c1OCc1ccccc1Cl.Cl. The largest absolute Gasteiger partial charge is 0.493 e. The van der Waals surface area contributed by atoms with Gasteiger partial charge in [0.1, 0.15) is 6.61 Å². The summed E-state index contributed by atoms with van der Waals surface area (Å²) < 4.78 is 11.7. The van der Waals surface area contributed by atoms with E-state index in [9.17, 15) is 0 Å². The maximum absolute atomic E-state index is 6.26. The van der Waals surface area contributed by atoms with Crippen molar-refractivity contribution in [2.45, 2.75) is 57.7 Å². The number of para-hydroxylation sites is 1. The third kappa shape index (κ3) is 6.31. The fourth-order valence-corrected chi connectivity index (χ4v) is 3.72.